The van der Waals surface area contributed by atoms with Crippen LogP contribution in [0, 0.1) is 6.92 Å². The van der Waals surface area contributed by atoms with Gasteiger partial charge in [0.1, 0.15) is 5.82 Å². The second-order valence-corrected chi connectivity index (χ2v) is 9.64. The number of carbonyl (C=O) groups is 1. The minimum Gasteiger partial charge on any atom is -0.296 e. The first-order chi connectivity index (χ1) is 13.6. The fourth-order valence-corrected chi connectivity index (χ4v) is 6.40. The zero-order chi connectivity index (χ0) is 19.3. The average molecular weight is 400 g/mol. The molecule has 2 atom stereocenters. The number of hydrogen-bond acceptors (Lipinski definition) is 5. The second kappa shape index (κ2) is 7.26. The molecule has 0 aromatic carbocycles. The van der Waals surface area contributed by atoms with Gasteiger partial charge in [0.2, 0.25) is 5.91 Å². The normalized spacial score (nSPS) is 26.1. The van der Waals surface area contributed by atoms with Crippen LogP contribution in [-0.4, -0.2) is 51.2 Å². The number of carbonyl (C=O) groups excluding carboxylic acids is 1. The number of likely N-dealkylation sites (tertiary alicyclic amines) is 1. The molecule has 0 spiro atoms. The third-order valence-electron chi connectivity index (χ3n) is 6.54. The Labute approximate surface area is 170 Å². The predicted octanol–water partition coefficient (Wildman–Crippen LogP) is 3.05. The molecule has 7 heteroatoms. The molecule has 0 bridgehead atoms. The Kier molecular flexibility index (Phi) is 4.75. The van der Waals surface area contributed by atoms with E-state index in [0.717, 1.165) is 50.4 Å². The fourth-order valence-electron chi connectivity index (χ4n) is 5.12. The quantitative estimate of drug-likeness (QED) is 0.796. The molecule has 2 aromatic heterocycles. The number of hydrogen-bond donors (Lipinski definition) is 0. The molecule has 0 N–H and O–H groups in total. The number of piperidine rings is 1. The number of aromatic nitrogens is 3. The Bertz CT molecular complexity index is 864. The van der Waals surface area contributed by atoms with Gasteiger partial charge in [-0.3, -0.25) is 19.3 Å². The lowest BCUT2D eigenvalue weighted by Gasteiger charge is -2.35. The van der Waals surface area contributed by atoms with Crippen molar-refractivity contribution in [1.29, 1.82) is 0 Å². The number of amides is 1. The zero-order valence-electron chi connectivity index (χ0n) is 16.9. The second-order valence-electron chi connectivity index (χ2n) is 8.53. The first-order valence-electron chi connectivity index (χ1n) is 10.6. The van der Waals surface area contributed by atoms with Crippen LogP contribution in [0.1, 0.15) is 59.3 Å². The van der Waals surface area contributed by atoms with E-state index in [-0.39, 0.29) is 11.9 Å². The number of fused-ring (bicyclic) bond motifs is 1. The smallest absolute Gasteiger partial charge is 0.245 e. The Balaban J connectivity index is 1.31. The van der Waals surface area contributed by atoms with Crippen molar-refractivity contribution in [3.63, 3.8) is 0 Å². The zero-order valence-corrected chi connectivity index (χ0v) is 17.7. The largest absolute Gasteiger partial charge is 0.296 e. The van der Waals surface area contributed by atoms with E-state index in [9.17, 15) is 4.79 Å². The van der Waals surface area contributed by atoms with Gasteiger partial charge in [-0.1, -0.05) is 0 Å². The first-order valence-corrected chi connectivity index (χ1v) is 11.5. The molecular weight excluding hydrogens is 370 g/mol. The molecule has 5 rings (SSSR count). The standard InChI is InChI=1S/C21H29N5OS/c1-14-12-19(24(2)23-14)26-11-9-17(21(26)27)25-10-5-6-15(13-25)20-22-16-7-3-4-8-18(16)28-20/h12,15,17H,3-11,13H2,1-2H3. The van der Waals surface area contributed by atoms with Crippen molar-refractivity contribution in [1.82, 2.24) is 19.7 Å². The summed E-state index contributed by atoms with van der Waals surface area (Å²) in [6, 6.07) is 2.02. The molecule has 2 saturated heterocycles. The van der Waals surface area contributed by atoms with Crippen LogP contribution in [-0.2, 0) is 24.7 Å². The number of anilines is 1. The van der Waals surface area contributed by atoms with Crippen LogP contribution >= 0.6 is 11.3 Å². The van der Waals surface area contributed by atoms with Gasteiger partial charge in [0.05, 0.1) is 22.4 Å². The number of aryl methyl sites for hydroxylation is 4. The fraction of sp³-hybridized carbons (Fsp3) is 0.667. The number of thiazole rings is 1. The van der Waals surface area contributed by atoms with Crippen molar-refractivity contribution in [2.45, 2.75) is 63.8 Å². The lowest BCUT2D eigenvalue weighted by molar-refractivity contribution is -0.122. The molecule has 0 radical (unpaired) electrons. The van der Waals surface area contributed by atoms with E-state index in [1.165, 1.54) is 41.3 Å². The summed E-state index contributed by atoms with van der Waals surface area (Å²) < 4.78 is 1.83. The maximum absolute atomic E-state index is 13.2. The summed E-state index contributed by atoms with van der Waals surface area (Å²) in [6.07, 6.45) is 8.23. The molecular formula is C21H29N5OS. The van der Waals surface area contributed by atoms with Gasteiger partial charge in [0.25, 0.3) is 0 Å². The third kappa shape index (κ3) is 3.18. The van der Waals surface area contributed by atoms with Crippen molar-refractivity contribution in [2.24, 2.45) is 7.05 Å². The Morgan fingerprint density at radius 3 is 2.79 bits per heavy atom. The Morgan fingerprint density at radius 2 is 2.00 bits per heavy atom. The van der Waals surface area contributed by atoms with Gasteiger partial charge in [0, 0.05) is 37.0 Å². The summed E-state index contributed by atoms with van der Waals surface area (Å²) in [5.74, 6) is 1.65. The van der Waals surface area contributed by atoms with Crippen LogP contribution in [0.5, 0.6) is 0 Å². The summed E-state index contributed by atoms with van der Waals surface area (Å²) in [5.41, 5.74) is 2.32. The van der Waals surface area contributed by atoms with E-state index in [4.69, 9.17) is 4.98 Å². The van der Waals surface area contributed by atoms with Gasteiger partial charge in [0.15, 0.2) is 0 Å². The monoisotopic (exact) mass is 399 g/mol. The van der Waals surface area contributed by atoms with Gasteiger partial charge in [-0.05, 0) is 58.4 Å². The molecule has 150 valence electrons. The molecule has 28 heavy (non-hydrogen) atoms. The van der Waals surface area contributed by atoms with E-state index in [0.29, 0.717) is 5.92 Å². The molecule has 4 heterocycles. The first kappa shape index (κ1) is 18.3. The molecule has 6 nitrogen and oxygen atoms in total. The summed E-state index contributed by atoms with van der Waals surface area (Å²) in [4.78, 5) is 24.1. The maximum atomic E-state index is 13.2. The van der Waals surface area contributed by atoms with E-state index < -0.39 is 0 Å². The van der Waals surface area contributed by atoms with E-state index in [1.54, 1.807) is 0 Å². The molecule has 1 amide bonds. The molecule has 2 aromatic rings. The van der Waals surface area contributed by atoms with Crippen molar-refractivity contribution < 1.29 is 4.79 Å². The number of rotatable bonds is 3. The van der Waals surface area contributed by atoms with Crippen molar-refractivity contribution >= 4 is 23.1 Å². The molecule has 2 aliphatic heterocycles. The SMILES string of the molecule is Cc1cc(N2CCC(N3CCCC(c4nc5c(s4)CCCC5)C3)C2=O)n(C)n1. The highest BCUT2D eigenvalue weighted by molar-refractivity contribution is 7.11. The van der Waals surface area contributed by atoms with Gasteiger partial charge < -0.3 is 0 Å². The number of nitrogens with zero attached hydrogens (tertiary/aromatic N) is 5. The lowest BCUT2D eigenvalue weighted by Crippen LogP contribution is -2.46. The topological polar surface area (TPSA) is 54.3 Å². The van der Waals surface area contributed by atoms with Gasteiger partial charge in [-0.15, -0.1) is 11.3 Å². The molecule has 2 unspecified atom stereocenters. The maximum Gasteiger partial charge on any atom is 0.245 e. The van der Waals surface area contributed by atoms with Crippen molar-refractivity contribution in [3.8, 4) is 0 Å². The Morgan fingerprint density at radius 1 is 1.14 bits per heavy atom. The van der Waals surface area contributed by atoms with Crippen LogP contribution < -0.4 is 4.90 Å². The minimum absolute atomic E-state index is 0.00703. The molecule has 0 saturated carbocycles. The highest BCUT2D eigenvalue weighted by Gasteiger charge is 2.40. The molecule has 3 aliphatic rings. The third-order valence-corrected chi connectivity index (χ3v) is 7.86. The highest BCUT2D eigenvalue weighted by Crippen LogP contribution is 2.36. The molecule has 2 fully saturated rings. The van der Waals surface area contributed by atoms with E-state index >= 15 is 0 Å². The van der Waals surface area contributed by atoms with Crippen LogP contribution in [0.25, 0.3) is 0 Å². The summed E-state index contributed by atoms with van der Waals surface area (Å²) >= 11 is 1.94. The minimum atomic E-state index is 0.00703. The van der Waals surface area contributed by atoms with Crippen LogP contribution in [0.2, 0.25) is 0 Å². The van der Waals surface area contributed by atoms with Gasteiger partial charge >= 0.3 is 0 Å². The van der Waals surface area contributed by atoms with Crippen molar-refractivity contribution in [3.05, 3.63) is 27.3 Å². The summed E-state index contributed by atoms with van der Waals surface area (Å²) in [5, 5.41) is 5.73. The summed E-state index contributed by atoms with van der Waals surface area (Å²) in [6.45, 7) is 4.76. The Hall–Kier alpha value is -1.73. The van der Waals surface area contributed by atoms with E-state index in [2.05, 4.69) is 10.00 Å². The van der Waals surface area contributed by atoms with Crippen LogP contribution in [0.15, 0.2) is 6.07 Å². The van der Waals surface area contributed by atoms with Crippen LogP contribution in [0.3, 0.4) is 0 Å². The van der Waals surface area contributed by atoms with Crippen molar-refractivity contribution in [2.75, 3.05) is 24.5 Å². The average Bonchev–Trinajstić information content (AvgIpc) is 3.38. The molecule has 1 aliphatic carbocycles. The van der Waals surface area contributed by atoms with E-state index in [1.807, 2.05) is 41.0 Å². The van der Waals surface area contributed by atoms with Crippen LogP contribution in [0.4, 0.5) is 5.82 Å². The summed E-state index contributed by atoms with van der Waals surface area (Å²) in [7, 11) is 1.92. The predicted molar refractivity (Wildman–Crippen MR) is 111 cm³/mol. The van der Waals surface area contributed by atoms with Gasteiger partial charge in [-0.25, -0.2) is 4.98 Å². The van der Waals surface area contributed by atoms with Gasteiger partial charge in [-0.2, -0.15) is 5.10 Å². The highest BCUT2D eigenvalue weighted by atomic mass is 32.1. The lowest BCUT2D eigenvalue weighted by atomic mass is 9.96.